The van der Waals surface area contributed by atoms with Gasteiger partial charge in [-0.2, -0.15) is 5.10 Å². The van der Waals surface area contributed by atoms with Crippen molar-refractivity contribution in [3.05, 3.63) is 59.0 Å². The highest BCUT2D eigenvalue weighted by atomic mass is 16.5. The van der Waals surface area contributed by atoms with E-state index < -0.39 is 0 Å². The van der Waals surface area contributed by atoms with E-state index in [0.717, 1.165) is 37.3 Å². The Labute approximate surface area is 164 Å². The third-order valence-corrected chi connectivity index (χ3v) is 4.91. The molecule has 3 aromatic rings. The first-order valence-electron chi connectivity index (χ1n) is 9.73. The van der Waals surface area contributed by atoms with Crippen LogP contribution in [-0.2, 0) is 30.8 Å². The number of rotatable bonds is 6. The van der Waals surface area contributed by atoms with Crippen LogP contribution >= 0.6 is 0 Å². The zero-order chi connectivity index (χ0) is 19.3. The van der Waals surface area contributed by atoms with Gasteiger partial charge in [0.15, 0.2) is 5.76 Å². The number of carbonyl (C=O) groups excluding carboxylic acids is 1. The Kier molecular flexibility index (Phi) is 5.53. The molecule has 1 aliphatic rings. The van der Waals surface area contributed by atoms with E-state index in [4.69, 9.17) is 4.52 Å². The number of carbonyl (C=O) groups is 1. The molecule has 0 radical (unpaired) electrons. The number of benzene rings is 1. The molecule has 28 heavy (non-hydrogen) atoms. The van der Waals surface area contributed by atoms with E-state index in [2.05, 4.69) is 31.6 Å². The zero-order valence-corrected chi connectivity index (χ0v) is 16.1. The molecule has 2 aromatic heterocycles. The summed E-state index contributed by atoms with van der Waals surface area (Å²) in [6.45, 7) is 5.20. The first-order chi connectivity index (χ1) is 13.7. The molecule has 7 heteroatoms. The molecule has 7 nitrogen and oxygen atoms in total. The minimum Gasteiger partial charge on any atom is -0.356 e. The standard InChI is InChI=1S/C21H25N5O2/c1-15-3-5-16(6-4-15)20-12-18(25-28-20)13-23-21(27)8-7-17-11-19-14-22-9-2-10-26(19)24-17/h3-6,11-12,22H,2,7-10,13-14H2,1H3,(H,23,27). The lowest BCUT2D eigenvalue weighted by Gasteiger charge is -2.02. The summed E-state index contributed by atoms with van der Waals surface area (Å²) in [5, 5.41) is 14.9. The molecule has 0 spiro atoms. The first kappa shape index (κ1) is 18.4. The third-order valence-electron chi connectivity index (χ3n) is 4.91. The molecule has 0 fully saturated rings. The lowest BCUT2D eigenvalue weighted by molar-refractivity contribution is -0.121. The van der Waals surface area contributed by atoms with Gasteiger partial charge in [0, 0.05) is 37.6 Å². The smallest absolute Gasteiger partial charge is 0.220 e. The first-order valence-corrected chi connectivity index (χ1v) is 9.73. The lowest BCUT2D eigenvalue weighted by atomic mass is 10.1. The van der Waals surface area contributed by atoms with Gasteiger partial charge in [0.05, 0.1) is 17.9 Å². The number of aryl methyl sites for hydroxylation is 3. The second kappa shape index (κ2) is 8.39. The van der Waals surface area contributed by atoms with Gasteiger partial charge in [0.25, 0.3) is 0 Å². The molecule has 0 saturated heterocycles. The number of nitrogens with zero attached hydrogens (tertiary/aromatic N) is 3. The summed E-state index contributed by atoms with van der Waals surface area (Å²) < 4.78 is 7.44. The molecule has 0 aliphatic carbocycles. The molecule has 3 heterocycles. The van der Waals surface area contributed by atoms with Crippen molar-refractivity contribution in [2.75, 3.05) is 6.54 Å². The van der Waals surface area contributed by atoms with E-state index in [1.165, 1.54) is 11.3 Å². The Morgan fingerprint density at radius 3 is 2.96 bits per heavy atom. The second-order valence-electron chi connectivity index (χ2n) is 7.21. The van der Waals surface area contributed by atoms with Crippen molar-refractivity contribution >= 4 is 5.91 Å². The number of amides is 1. The molecular formula is C21H25N5O2. The molecule has 1 aromatic carbocycles. The molecule has 0 saturated carbocycles. The Balaban J connectivity index is 1.26. The minimum atomic E-state index is -0.0128. The number of fused-ring (bicyclic) bond motifs is 1. The van der Waals surface area contributed by atoms with Gasteiger partial charge in [-0.15, -0.1) is 0 Å². The summed E-state index contributed by atoms with van der Waals surface area (Å²) in [4.78, 5) is 12.2. The maximum absolute atomic E-state index is 12.2. The highest BCUT2D eigenvalue weighted by Gasteiger charge is 2.12. The Morgan fingerprint density at radius 1 is 1.25 bits per heavy atom. The fourth-order valence-corrected chi connectivity index (χ4v) is 3.31. The topological polar surface area (TPSA) is 85.0 Å². The number of hydrogen-bond acceptors (Lipinski definition) is 5. The number of aromatic nitrogens is 3. The average Bonchev–Trinajstić information content (AvgIpc) is 3.27. The summed E-state index contributed by atoms with van der Waals surface area (Å²) in [6, 6.07) is 12.0. The van der Waals surface area contributed by atoms with Crippen molar-refractivity contribution in [2.45, 2.75) is 45.8 Å². The van der Waals surface area contributed by atoms with Crippen LogP contribution in [0.4, 0.5) is 0 Å². The SMILES string of the molecule is Cc1ccc(-c2cc(CNC(=O)CCc3cc4n(n3)CCCNC4)no2)cc1. The van der Waals surface area contributed by atoms with Crippen LogP contribution in [0.25, 0.3) is 11.3 Å². The Morgan fingerprint density at radius 2 is 2.11 bits per heavy atom. The van der Waals surface area contributed by atoms with Gasteiger partial charge in [-0.05, 0) is 26.0 Å². The molecule has 1 amide bonds. The molecule has 0 bridgehead atoms. The van der Waals surface area contributed by atoms with Crippen molar-refractivity contribution in [3.63, 3.8) is 0 Å². The molecule has 1 aliphatic heterocycles. The van der Waals surface area contributed by atoms with Gasteiger partial charge in [0.1, 0.15) is 5.69 Å². The molecule has 0 unspecified atom stereocenters. The zero-order valence-electron chi connectivity index (χ0n) is 16.1. The van der Waals surface area contributed by atoms with Gasteiger partial charge in [-0.25, -0.2) is 0 Å². The average molecular weight is 379 g/mol. The van der Waals surface area contributed by atoms with E-state index in [1.54, 1.807) is 0 Å². The Hall–Kier alpha value is -2.93. The van der Waals surface area contributed by atoms with Crippen molar-refractivity contribution in [2.24, 2.45) is 0 Å². The van der Waals surface area contributed by atoms with Crippen LogP contribution in [0.15, 0.2) is 40.9 Å². The quantitative estimate of drug-likeness (QED) is 0.688. The summed E-state index contributed by atoms with van der Waals surface area (Å²) in [7, 11) is 0. The van der Waals surface area contributed by atoms with Crippen LogP contribution in [0, 0.1) is 6.92 Å². The maximum atomic E-state index is 12.2. The van der Waals surface area contributed by atoms with Crippen LogP contribution in [0.5, 0.6) is 0 Å². The molecule has 4 rings (SSSR count). The van der Waals surface area contributed by atoms with Gasteiger partial charge in [0.2, 0.25) is 5.91 Å². The van der Waals surface area contributed by atoms with Crippen LogP contribution in [0.3, 0.4) is 0 Å². The molecule has 2 N–H and O–H groups in total. The van der Waals surface area contributed by atoms with Crippen molar-refractivity contribution in [3.8, 4) is 11.3 Å². The van der Waals surface area contributed by atoms with Gasteiger partial charge in [-0.1, -0.05) is 35.0 Å². The van der Waals surface area contributed by atoms with Gasteiger partial charge < -0.3 is 15.2 Å². The predicted molar refractivity (Wildman–Crippen MR) is 105 cm³/mol. The maximum Gasteiger partial charge on any atom is 0.220 e. The van der Waals surface area contributed by atoms with Crippen LogP contribution in [-0.4, -0.2) is 27.4 Å². The summed E-state index contributed by atoms with van der Waals surface area (Å²) in [6.07, 6.45) is 2.13. The van der Waals surface area contributed by atoms with Crippen molar-refractivity contribution in [1.29, 1.82) is 0 Å². The third kappa shape index (κ3) is 4.48. The van der Waals surface area contributed by atoms with Crippen LogP contribution < -0.4 is 10.6 Å². The summed E-state index contributed by atoms with van der Waals surface area (Å²) in [5.74, 6) is 0.693. The number of nitrogens with one attached hydrogen (secondary N) is 2. The monoisotopic (exact) mass is 379 g/mol. The van der Waals surface area contributed by atoms with Gasteiger partial charge >= 0.3 is 0 Å². The van der Waals surface area contributed by atoms with Crippen LogP contribution in [0.1, 0.15) is 35.5 Å². The van der Waals surface area contributed by atoms with E-state index >= 15 is 0 Å². The fourth-order valence-electron chi connectivity index (χ4n) is 3.31. The highest BCUT2D eigenvalue weighted by Crippen LogP contribution is 2.20. The fraction of sp³-hybridized carbons (Fsp3) is 0.381. The summed E-state index contributed by atoms with van der Waals surface area (Å²) >= 11 is 0. The predicted octanol–water partition coefficient (Wildman–Crippen LogP) is 2.59. The summed E-state index contributed by atoms with van der Waals surface area (Å²) in [5.41, 5.74) is 5.05. The van der Waals surface area contributed by atoms with Crippen molar-refractivity contribution in [1.82, 2.24) is 25.6 Å². The van der Waals surface area contributed by atoms with Crippen molar-refractivity contribution < 1.29 is 9.32 Å². The Bertz CT molecular complexity index is 919. The van der Waals surface area contributed by atoms with E-state index in [0.29, 0.717) is 30.8 Å². The largest absolute Gasteiger partial charge is 0.356 e. The normalized spacial score (nSPS) is 13.8. The van der Waals surface area contributed by atoms with Crippen LogP contribution in [0.2, 0.25) is 0 Å². The number of hydrogen-bond donors (Lipinski definition) is 2. The molecule has 0 atom stereocenters. The molecule has 146 valence electrons. The minimum absolute atomic E-state index is 0.0128. The van der Waals surface area contributed by atoms with Gasteiger partial charge in [-0.3, -0.25) is 9.48 Å². The van der Waals surface area contributed by atoms with E-state index in [9.17, 15) is 4.79 Å². The van der Waals surface area contributed by atoms with E-state index in [1.807, 2.05) is 37.3 Å². The van der Waals surface area contributed by atoms with E-state index in [-0.39, 0.29) is 5.91 Å². The highest BCUT2D eigenvalue weighted by molar-refractivity contribution is 5.76. The lowest BCUT2D eigenvalue weighted by Crippen LogP contribution is -2.23. The second-order valence-corrected chi connectivity index (χ2v) is 7.21. The molecular weight excluding hydrogens is 354 g/mol.